The van der Waals surface area contributed by atoms with Crippen LogP contribution in [0.1, 0.15) is 17.4 Å². The average Bonchev–Trinajstić information content (AvgIpc) is 2.97. The molecule has 1 atom stereocenters. The molecule has 0 amide bonds. The fourth-order valence-electron chi connectivity index (χ4n) is 3.20. The minimum Gasteiger partial charge on any atom is -0.460 e. The summed E-state index contributed by atoms with van der Waals surface area (Å²) in [6.45, 7) is 3.51. The highest BCUT2D eigenvalue weighted by Crippen LogP contribution is 2.26. The number of nitrogens with zero attached hydrogens (tertiary/aromatic N) is 2. The summed E-state index contributed by atoms with van der Waals surface area (Å²) in [5.74, 6) is 0.633. The molecule has 2 aromatic heterocycles. The molecule has 3 aromatic rings. The van der Waals surface area contributed by atoms with Gasteiger partial charge in [0.2, 0.25) is 0 Å². The zero-order chi connectivity index (χ0) is 15.6. The molecular formula is C18H18FN3O. The van der Waals surface area contributed by atoms with Crippen LogP contribution in [0, 0.1) is 5.82 Å². The summed E-state index contributed by atoms with van der Waals surface area (Å²) in [4.78, 5) is 6.48. The molecule has 0 saturated carbocycles. The van der Waals surface area contributed by atoms with Gasteiger partial charge < -0.3 is 9.73 Å². The lowest BCUT2D eigenvalue weighted by Crippen LogP contribution is -2.45. The summed E-state index contributed by atoms with van der Waals surface area (Å²) >= 11 is 0. The number of hydrogen-bond acceptors (Lipinski definition) is 4. The maximum absolute atomic E-state index is 13.3. The first kappa shape index (κ1) is 14.4. The predicted octanol–water partition coefficient (Wildman–Crippen LogP) is 3.11. The van der Waals surface area contributed by atoms with Gasteiger partial charge in [-0.1, -0.05) is 0 Å². The number of pyridine rings is 1. The van der Waals surface area contributed by atoms with Gasteiger partial charge >= 0.3 is 0 Å². The molecule has 0 radical (unpaired) electrons. The van der Waals surface area contributed by atoms with E-state index in [1.54, 1.807) is 6.07 Å². The lowest BCUT2D eigenvalue weighted by atomic mass is 10.0. The number of nitrogens with one attached hydrogen (secondary N) is 1. The van der Waals surface area contributed by atoms with Crippen molar-refractivity contribution in [3.63, 3.8) is 0 Å². The number of hydrogen-bond donors (Lipinski definition) is 1. The Morgan fingerprint density at radius 1 is 1.22 bits per heavy atom. The average molecular weight is 311 g/mol. The third kappa shape index (κ3) is 2.98. The Labute approximate surface area is 133 Å². The molecular weight excluding hydrogens is 293 g/mol. The van der Waals surface area contributed by atoms with E-state index in [1.165, 1.54) is 17.7 Å². The van der Waals surface area contributed by atoms with Crippen LogP contribution in [0.25, 0.3) is 11.0 Å². The van der Waals surface area contributed by atoms with Crippen LogP contribution in [-0.2, 0) is 6.54 Å². The molecule has 1 fully saturated rings. The Balaban J connectivity index is 1.59. The van der Waals surface area contributed by atoms with Crippen LogP contribution in [0.4, 0.5) is 4.39 Å². The van der Waals surface area contributed by atoms with E-state index in [9.17, 15) is 4.39 Å². The number of halogens is 1. The maximum atomic E-state index is 13.3. The second-order valence-electron chi connectivity index (χ2n) is 5.87. The maximum Gasteiger partial charge on any atom is 0.134 e. The number of fused-ring (bicyclic) bond motifs is 1. The van der Waals surface area contributed by atoms with E-state index in [0.29, 0.717) is 6.54 Å². The van der Waals surface area contributed by atoms with Gasteiger partial charge in [0.25, 0.3) is 0 Å². The number of rotatable bonds is 3. The van der Waals surface area contributed by atoms with E-state index in [4.69, 9.17) is 4.42 Å². The van der Waals surface area contributed by atoms with Gasteiger partial charge in [0, 0.05) is 43.5 Å². The highest BCUT2D eigenvalue weighted by molar-refractivity contribution is 5.77. The Kier molecular flexibility index (Phi) is 3.81. The molecule has 1 aromatic carbocycles. The Morgan fingerprint density at radius 2 is 2.09 bits per heavy atom. The molecule has 1 saturated heterocycles. The van der Waals surface area contributed by atoms with Crippen molar-refractivity contribution in [3.05, 3.63) is 65.9 Å². The van der Waals surface area contributed by atoms with Crippen LogP contribution >= 0.6 is 0 Å². The first-order valence-electron chi connectivity index (χ1n) is 7.82. The summed E-state index contributed by atoms with van der Waals surface area (Å²) in [5, 5.41) is 4.26. The van der Waals surface area contributed by atoms with Crippen molar-refractivity contribution in [1.29, 1.82) is 0 Å². The van der Waals surface area contributed by atoms with Crippen LogP contribution in [0.2, 0.25) is 0 Å². The van der Waals surface area contributed by atoms with E-state index in [2.05, 4.69) is 27.3 Å². The van der Waals surface area contributed by atoms with Crippen LogP contribution in [0.5, 0.6) is 0 Å². The van der Waals surface area contributed by atoms with Crippen molar-refractivity contribution in [2.24, 2.45) is 0 Å². The SMILES string of the molecule is Fc1ccc2oc(CN3CCNCC3c3ccncc3)cc2c1. The molecule has 1 aliphatic heterocycles. The molecule has 1 unspecified atom stereocenters. The summed E-state index contributed by atoms with van der Waals surface area (Å²) in [7, 11) is 0. The molecule has 0 aliphatic carbocycles. The monoisotopic (exact) mass is 311 g/mol. The van der Waals surface area contributed by atoms with Gasteiger partial charge in [0.15, 0.2) is 0 Å². The highest BCUT2D eigenvalue weighted by atomic mass is 19.1. The van der Waals surface area contributed by atoms with Crippen LogP contribution in [-0.4, -0.2) is 29.5 Å². The lowest BCUT2D eigenvalue weighted by Gasteiger charge is -2.35. The van der Waals surface area contributed by atoms with Crippen LogP contribution in [0.15, 0.2) is 53.2 Å². The van der Waals surface area contributed by atoms with Crippen molar-refractivity contribution in [1.82, 2.24) is 15.2 Å². The normalized spacial score (nSPS) is 19.3. The fraction of sp³-hybridized carbons (Fsp3) is 0.278. The third-order valence-corrected chi connectivity index (χ3v) is 4.33. The predicted molar refractivity (Wildman–Crippen MR) is 86.4 cm³/mol. The van der Waals surface area contributed by atoms with Crippen LogP contribution in [0.3, 0.4) is 0 Å². The highest BCUT2D eigenvalue weighted by Gasteiger charge is 2.24. The molecule has 3 heterocycles. The third-order valence-electron chi connectivity index (χ3n) is 4.33. The van der Waals surface area contributed by atoms with E-state index in [1.807, 2.05) is 18.5 Å². The Morgan fingerprint density at radius 3 is 2.96 bits per heavy atom. The van der Waals surface area contributed by atoms with Gasteiger partial charge in [-0.3, -0.25) is 9.88 Å². The fourth-order valence-corrected chi connectivity index (χ4v) is 3.20. The number of furan rings is 1. The topological polar surface area (TPSA) is 41.3 Å². The standard InChI is InChI=1S/C18H18FN3O/c19-15-1-2-18-14(9-15)10-16(23-18)12-22-8-7-21-11-17(22)13-3-5-20-6-4-13/h1-6,9-10,17,21H,7-8,11-12H2. The largest absolute Gasteiger partial charge is 0.460 e. The van der Waals surface area contributed by atoms with Gasteiger partial charge in [-0.25, -0.2) is 4.39 Å². The zero-order valence-corrected chi connectivity index (χ0v) is 12.7. The lowest BCUT2D eigenvalue weighted by molar-refractivity contribution is 0.144. The molecule has 0 bridgehead atoms. The molecule has 5 heteroatoms. The van der Waals surface area contributed by atoms with E-state index in [0.717, 1.165) is 36.4 Å². The molecule has 23 heavy (non-hydrogen) atoms. The molecule has 1 aliphatic rings. The summed E-state index contributed by atoms with van der Waals surface area (Å²) in [6, 6.07) is 11.0. The molecule has 4 rings (SSSR count). The Hall–Kier alpha value is -2.24. The quantitative estimate of drug-likeness (QED) is 0.807. The first-order chi connectivity index (χ1) is 11.3. The summed E-state index contributed by atoms with van der Waals surface area (Å²) in [5.41, 5.74) is 1.98. The summed E-state index contributed by atoms with van der Waals surface area (Å²) < 4.78 is 19.2. The van der Waals surface area contributed by atoms with Gasteiger partial charge in [-0.2, -0.15) is 0 Å². The first-order valence-corrected chi connectivity index (χ1v) is 7.82. The smallest absolute Gasteiger partial charge is 0.134 e. The molecule has 4 nitrogen and oxygen atoms in total. The van der Waals surface area contributed by atoms with Crippen molar-refractivity contribution in [2.75, 3.05) is 19.6 Å². The number of benzene rings is 1. The number of piperazine rings is 1. The van der Waals surface area contributed by atoms with Crippen molar-refractivity contribution < 1.29 is 8.81 Å². The minimum atomic E-state index is -0.235. The van der Waals surface area contributed by atoms with Gasteiger partial charge in [-0.15, -0.1) is 0 Å². The zero-order valence-electron chi connectivity index (χ0n) is 12.7. The van der Waals surface area contributed by atoms with Gasteiger partial charge in [0.1, 0.15) is 17.2 Å². The second kappa shape index (κ2) is 6.10. The Bertz CT molecular complexity index is 802. The van der Waals surface area contributed by atoms with Gasteiger partial charge in [0.05, 0.1) is 6.54 Å². The molecule has 0 spiro atoms. The molecule has 118 valence electrons. The van der Waals surface area contributed by atoms with Crippen molar-refractivity contribution >= 4 is 11.0 Å². The van der Waals surface area contributed by atoms with E-state index in [-0.39, 0.29) is 11.9 Å². The molecule has 1 N–H and O–H groups in total. The summed E-state index contributed by atoms with van der Waals surface area (Å²) in [6.07, 6.45) is 3.65. The minimum absolute atomic E-state index is 0.235. The van der Waals surface area contributed by atoms with Gasteiger partial charge in [-0.05, 0) is 42.0 Å². The second-order valence-corrected chi connectivity index (χ2v) is 5.87. The van der Waals surface area contributed by atoms with E-state index < -0.39 is 0 Å². The van der Waals surface area contributed by atoms with Crippen molar-refractivity contribution in [2.45, 2.75) is 12.6 Å². The number of aromatic nitrogens is 1. The van der Waals surface area contributed by atoms with Crippen molar-refractivity contribution in [3.8, 4) is 0 Å². The van der Waals surface area contributed by atoms with E-state index >= 15 is 0 Å². The van der Waals surface area contributed by atoms with Crippen LogP contribution < -0.4 is 5.32 Å².